The minimum Gasteiger partial charge on any atom is -0.481 e. The Morgan fingerprint density at radius 3 is 2.06 bits per heavy atom. The van der Waals surface area contributed by atoms with E-state index in [1.165, 1.54) is 0 Å². The molecule has 1 aliphatic rings. The second kappa shape index (κ2) is 12.5. The molecule has 8 nitrogen and oxygen atoms in total. The fourth-order valence-corrected chi connectivity index (χ4v) is 3.31. The molecule has 1 fully saturated rings. The van der Waals surface area contributed by atoms with E-state index >= 15 is 0 Å². The van der Waals surface area contributed by atoms with Gasteiger partial charge in [0.25, 0.3) is 0 Å². The Balaban J connectivity index is 1.66. The van der Waals surface area contributed by atoms with Crippen LogP contribution in [0.1, 0.15) is 51.4 Å². The average molecular weight is 432 g/mol. The van der Waals surface area contributed by atoms with Crippen LogP contribution in [0.4, 0.5) is 0 Å². The van der Waals surface area contributed by atoms with Gasteiger partial charge in [0.05, 0.1) is 18.4 Å². The molecule has 1 N–H and O–H groups in total. The van der Waals surface area contributed by atoms with E-state index in [0.29, 0.717) is 56.6 Å². The molecule has 0 radical (unpaired) electrons. The van der Waals surface area contributed by atoms with Crippen LogP contribution >= 0.6 is 0 Å². The van der Waals surface area contributed by atoms with Crippen molar-refractivity contribution >= 4 is 23.9 Å². The molecule has 1 aromatic rings. The molecule has 0 spiro atoms. The van der Waals surface area contributed by atoms with Crippen LogP contribution in [0.15, 0.2) is 36.9 Å². The van der Waals surface area contributed by atoms with Crippen molar-refractivity contribution in [1.82, 2.24) is 0 Å². The van der Waals surface area contributed by atoms with Crippen molar-refractivity contribution in [1.29, 1.82) is 0 Å². The third kappa shape index (κ3) is 8.62. The molecular weight excluding hydrogens is 404 g/mol. The number of carbonyl (C=O) groups is 4. The first-order chi connectivity index (χ1) is 14.9. The Hall–Kier alpha value is -3.16. The van der Waals surface area contributed by atoms with Gasteiger partial charge in [-0.15, -0.1) is 0 Å². The Kier molecular flexibility index (Phi) is 9.74. The van der Waals surface area contributed by atoms with Crippen molar-refractivity contribution in [2.75, 3.05) is 6.61 Å². The number of carboxylic acid groups (broad SMARTS) is 1. The van der Waals surface area contributed by atoms with Crippen LogP contribution in [0.25, 0.3) is 0 Å². The Morgan fingerprint density at radius 2 is 1.48 bits per heavy atom. The van der Waals surface area contributed by atoms with Crippen LogP contribution in [-0.2, 0) is 23.9 Å². The van der Waals surface area contributed by atoms with E-state index in [-0.39, 0.29) is 30.2 Å². The highest BCUT2D eigenvalue weighted by atomic mass is 16.5. The summed E-state index contributed by atoms with van der Waals surface area (Å²) in [6.45, 7) is 3.60. The molecule has 2 rings (SSSR count). The topological polar surface area (TPSA) is 116 Å². The predicted octanol–water partition coefficient (Wildman–Crippen LogP) is 3.68. The van der Waals surface area contributed by atoms with Crippen LogP contribution in [0.3, 0.4) is 0 Å². The number of hydrogen-bond donors (Lipinski definition) is 1. The second-order valence-corrected chi connectivity index (χ2v) is 7.44. The number of hydrogen-bond acceptors (Lipinski definition) is 7. The van der Waals surface area contributed by atoms with Crippen LogP contribution in [0.2, 0.25) is 0 Å². The number of rotatable bonds is 11. The van der Waals surface area contributed by atoms with Gasteiger partial charge in [-0.05, 0) is 69.2 Å². The zero-order valence-corrected chi connectivity index (χ0v) is 17.4. The zero-order chi connectivity index (χ0) is 22.6. The van der Waals surface area contributed by atoms with Crippen molar-refractivity contribution < 1.29 is 38.5 Å². The molecule has 0 atom stereocenters. The molecular formula is C23H28O8. The predicted molar refractivity (Wildman–Crippen MR) is 110 cm³/mol. The lowest BCUT2D eigenvalue weighted by Gasteiger charge is -2.24. The van der Waals surface area contributed by atoms with E-state index in [2.05, 4.69) is 6.58 Å². The summed E-state index contributed by atoms with van der Waals surface area (Å²) in [6, 6.07) is 6.21. The van der Waals surface area contributed by atoms with Crippen LogP contribution in [0, 0.1) is 11.8 Å². The summed E-state index contributed by atoms with van der Waals surface area (Å²) in [6.07, 6.45) is 5.30. The molecule has 0 saturated heterocycles. The lowest BCUT2D eigenvalue weighted by Crippen LogP contribution is -2.28. The molecule has 0 bridgehead atoms. The van der Waals surface area contributed by atoms with Crippen molar-refractivity contribution in [3.8, 4) is 11.5 Å². The highest BCUT2D eigenvalue weighted by Gasteiger charge is 2.30. The van der Waals surface area contributed by atoms with Crippen molar-refractivity contribution in [2.24, 2.45) is 11.8 Å². The summed E-state index contributed by atoms with van der Waals surface area (Å²) in [4.78, 5) is 46.0. The number of benzene rings is 1. The number of unbranched alkanes of at least 4 members (excludes halogenated alkanes) is 2. The summed E-state index contributed by atoms with van der Waals surface area (Å²) >= 11 is 0. The van der Waals surface area contributed by atoms with Crippen molar-refractivity contribution in [2.45, 2.75) is 51.4 Å². The monoisotopic (exact) mass is 432 g/mol. The highest BCUT2D eigenvalue weighted by Crippen LogP contribution is 2.30. The highest BCUT2D eigenvalue weighted by molar-refractivity contribution is 5.81. The van der Waals surface area contributed by atoms with Gasteiger partial charge in [-0.2, -0.15) is 0 Å². The number of esters is 3. The minimum atomic E-state index is -0.814. The van der Waals surface area contributed by atoms with Gasteiger partial charge in [-0.3, -0.25) is 14.4 Å². The fourth-order valence-electron chi connectivity index (χ4n) is 3.31. The summed E-state index contributed by atoms with van der Waals surface area (Å²) in [5, 5.41) is 9.02. The van der Waals surface area contributed by atoms with Crippen LogP contribution < -0.4 is 9.47 Å². The molecule has 0 amide bonds. The van der Waals surface area contributed by atoms with Crippen LogP contribution in [-0.4, -0.2) is 35.6 Å². The molecule has 1 aromatic carbocycles. The van der Waals surface area contributed by atoms with E-state index in [1.54, 1.807) is 24.3 Å². The third-order valence-electron chi connectivity index (χ3n) is 5.12. The standard InChI is InChI=1S/C23H28O8/c1-2-20(24)29-15-5-3-4-6-21(25)30-18-11-13-19(14-12-18)31-23(28)17-9-7-16(8-10-17)22(26)27/h2,11-14,16-17H,1,3-10,15H2,(H,26,27). The summed E-state index contributed by atoms with van der Waals surface area (Å²) in [5.41, 5.74) is 0. The number of carbonyl (C=O) groups excluding carboxylic acids is 3. The maximum absolute atomic E-state index is 12.3. The molecule has 0 unspecified atom stereocenters. The van der Waals surface area contributed by atoms with Gasteiger partial charge in [0, 0.05) is 12.5 Å². The Bertz CT molecular complexity index is 775. The van der Waals surface area contributed by atoms with Crippen molar-refractivity contribution in [3.05, 3.63) is 36.9 Å². The molecule has 1 saturated carbocycles. The van der Waals surface area contributed by atoms with E-state index in [9.17, 15) is 19.2 Å². The molecule has 168 valence electrons. The molecule has 0 aromatic heterocycles. The van der Waals surface area contributed by atoms with Gasteiger partial charge < -0.3 is 19.3 Å². The van der Waals surface area contributed by atoms with Gasteiger partial charge in [-0.25, -0.2) is 4.79 Å². The second-order valence-electron chi connectivity index (χ2n) is 7.44. The molecule has 0 aliphatic heterocycles. The summed E-state index contributed by atoms with van der Waals surface area (Å²) < 4.78 is 15.5. The molecule has 31 heavy (non-hydrogen) atoms. The number of aliphatic carboxylic acids is 1. The molecule has 8 heteroatoms. The average Bonchev–Trinajstić information content (AvgIpc) is 2.77. The lowest BCUT2D eigenvalue weighted by molar-refractivity contribution is -0.146. The maximum atomic E-state index is 12.3. The lowest BCUT2D eigenvalue weighted by atomic mass is 9.82. The Labute approximate surface area is 181 Å². The molecule has 0 heterocycles. The number of ether oxygens (including phenoxy) is 3. The zero-order valence-electron chi connectivity index (χ0n) is 17.4. The number of carboxylic acids is 1. The van der Waals surface area contributed by atoms with Crippen LogP contribution in [0.5, 0.6) is 11.5 Å². The molecule has 1 aliphatic carbocycles. The summed E-state index contributed by atoms with van der Waals surface area (Å²) in [7, 11) is 0. The maximum Gasteiger partial charge on any atom is 0.330 e. The van der Waals surface area contributed by atoms with E-state index in [0.717, 1.165) is 12.5 Å². The first kappa shape index (κ1) is 24.1. The minimum absolute atomic E-state index is 0.241. The van der Waals surface area contributed by atoms with E-state index < -0.39 is 11.9 Å². The largest absolute Gasteiger partial charge is 0.481 e. The summed E-state index contributed by atoms with van der Waals surface area (Å²) in [5.74, 6) is -1.99. The normalized spacial score (nSPS) is 17.9. The van der Waals surface area contributed by atoms with Gasteiger partial charge in [-0.1, -0.05) is 6.58 Å². The quantitative estimate of drug-likeness (QED) is 0.244. The Morgan fingerprint density at radius 1 is 0.903 bits per heavy atom. The SMILES string of the molecule is C=CC(=O)OCCCCCC(=O)Oc1ccc(OC(=O)C2CCC(C(=O)O)CC2)cc1. The van der Waals surface area contributed by atoms with E-state index in [1.807, 2.05) is 0 Å². The van der Waals surface area contributed by atoms with Gasteiger partial charge in [0.2, 0.25) is 0 Å². The van der Waals surface area contributed by atoms with E-state index in [4.69, 9.17) is 19.3 Å². The van der Waals surface area contributed by atoms with Gasteiger partial charge in [0.15, 0.2) is 0 Å². The van der Waals surface area contributed by atoms with Crippen molar-refractivity contribution in [3.63, 3.8) is 0 Å². The van der Waals surface area contributed by atoms with Gasteiger partial charge >= 0.3 is 23.9 Å². The smallest absolute Gasteiger partial charge is 0.330 e. The third-order valence-corrected chi connectivity index (χ3v) is 5.12. The first-order valence-electron chi connectivity index (χ1n) is 10.4. The first-order valence-corrected chi connectivity index (χ1v) is 10.4. The fraction of sp³-hybridized carbons (Fsp3) is 0.478. The van der Waals surface area contributed by atoms with Gasteiger partial charge in [0.1, 0.15) is 11.5 Å².